The van der Waals surface area contributed by atoms with Gasteiger partial charge in [-0.25, -0.2) is 4.79 Å². The number of amides is 1. The molecule has 0 aliphatic rings. The highest BCUT2D eigenvalue weighted by atomic mass is 79.9. The number of hydrogen-bond donors (Lipinski definition) is 2. The number of carbonyl (C=O) groups excluding carboxylic acids is 1. The van der Waals surface area contributed by atoms with E-state index in [2.05, 4.69) is 26.2 Å². The Kier molecular flexibility index (Phi) is 4.62. The predicted octanol–water partition coefficient (Wildman–Crippen LogP) is 2.14. The van der Waals surface area contributed by atoms with Crippen molar-refractivity contribution in [2.24, 2.45) is 5.92 Å². The van der Waals surface area contributed by atoms with E-state index >= 15 is 0 Å². The highest BCUT2D eigenvalue weighted by Gasteiger charge is 2.18. The minimum atomic E-state index is -1.08. The summed E-state index contributed by atoms with van der Waals surface area (Å²) in [5, 5.41) is 11.4. The van der Waals surface area contributed by atoms with E-state index in [1.807, 2.05) is 13.8 Å². The van der Waals surface area contributed by atoms with Gasteiger partial charge in [0.1, 0.15) is 0 Å². The Bertz CT molecular complexity index is 434. The number of hydrogen-bond acceptors (Lipinski definition) is 3. The van der Waals surface area contributed by atoms with E-state index in [0.717, 1.165) is 0 Å². The van der Waals surface area contributed by atoms with Gasteiger partial charge in [-0.3, -0.25) is 9.78 Å². The Hall–Kier alpha value is -1.43. The van der Waals surface area contributed by atoms with Gasteiger partial charge < -0.3 is 10.4 Å². The van der Waals surface area contributed by atoms with Crippen LogP contribution in [0.1, 0.15) is 24.2 Å². The number of nitrogens with zero attached hydrogens (tertiary/aromatic N) is 1. The van der Waals surface area contributed by atoms with E-state index in [1.54, 1.807) is 0 Å². The fraction of sp³-hybridized carbons (Fsp3) is 0.364. The first-order valence-corrected chi connectivity index (χ1v) is 5.96. The van der Waals surface area contributed by atoms with E-state index in [1.165, 1.54) is 18.5 Å². The minimum absolute atomic E-state index is 0.0402. The van der Waals surface area contributed by atoms with Crippen LogP contribution in [-0.2, 0) is 4.79 Å². The third-order valence-electron chi connectivity index (χ3n) is 2.09. The maximum Gasteiger partial charge on any atom is 0.337 e. The molecule has 5 nitrogen and oxygen atoms in total. The highest BCUT2D eigenvalue weighted by molar-refractivity contribution is 9.10. The first-order chi connectivity index (χ1) is 7.91. The third kappa shape index (κ3) is 3.81. The topological polar surface area (TPSA) is 79.3 Å². The Morgan fingerprint density at radius 3 is 2.59 bits per heavy atom. The van der Waals surface area contributed by atoms with Crippen molar-refractivity contribution in [3.05, 3.63) is 24.0 Å². The fourth-order valence-electron chi connectivity index (χ4n) is 1.14. The lowest BCUT2D eigenvalue weighted by atomic mass is 10.1. The number of alkyl halides is 1. The summed E-state index contributed by atoms with van der Waals surface area (Å²) in [7, 11) is 0. The first kappa shape index (κ1) is 13.6. The minimum Gasteiger partial charge on any atom is -0.478 e. The third-order valence-corrected chi connectivity index (χ3v) is 3.56. The Morgan fingerprint density at radius 1 is 1.41 bits per heavy atom. The zero-order valence-electron chi connectivity index (χ0n) is 9.48. The van der Waals surface area contributed by atoms with Crippen LogP contribution in [-0.4, -0.2) is 26.8 Å². The molecule has 0 aliphatic carbocycles. The number of anilines is 1. The van der Waals surface area contributed by atoms with Crippen LogP contribution in [0.15, 0.2) is 18.5 Å². The molecule has 1 heterocycles. The van der Waals surface area contributed by atoms with Crippen LogP contribution in [0.3, 0.4) is 0 Å². The van der Waals surface area contributed by atoms with Crippen molar-refractivity contribution >= 4 is 33.5 Å². The summed E-state index contributed by atoms with van der Waals surface area (Å²) < 4.78 is 0. The van der Waals surface area contributed by atoms with Crippen LogP contribution < -0.4 is 5.32 Å². The molecule has 6 heteroatoms. The summed E-state index contributed by atoms with van der Waals surface area (Å²) >= 11 is 3.26. The number of halogens is 1. The molecule has 0 radical (unpaired) electrons. The monoisotopic (exact) mass is 300 g/mol. The van der Waals surface area contributed by atoms with Gasteiger partial charge in [0, 0.05) is 6.20 Å². The van der Waals surface area contributed by atoms with Crippen molar-refractivity contribution < 1.29 is 14.7 Å². The van der Waals surface area contributed by atoms with Crippen molar-refractivity contribution in [3.63, 3.8) is 0 Å². The Morgan fingerprint density at radius 2 is 2.06 bits per heavy atom. The lowest BCUT2D eigenvalue weighted by Crippen LogP contribution is -2.27. The van der Waals surface area contributed by atoms with E-state index in [9.17, 15) is 9.59 Å². The second-order valence-corrected chi connectivity index (χ2v) is 4.89. The normalized spacial score (nSPS) is 12.2. The molecular formula is C11H13BrN2O3. The largest absolute Gasteiger partial charge is 0.478 e. The molecule has 1 amide bonds. The zero-order valence-corrected chi connectivity index (χ0v) is 11.1. The number of aromatic carboxylic acids is 1. The molecule has 17 heavy (non-hydrogen) atoms. The summed E-state index contributed by atoms with van der Waals surface area (Å²) in [5.74, 6) is -1.15. The molecule has 0 aromatic carbocycles. The van der Waals surface area contributed by atoms with Crippen LogP contribution in [0.25, 0.3) is 0 Å². The van der Waals surface area contributed by atoms with Crippen LogP contribution in [0.2, 0.25) is 0 Å². The van der Waals surface area contributed by atoms with Gasteiger partial charge in [0.2, 0.25) is 5.91 Å². The number of nitrogens with one attached hydrogen (secondary N) is 1. The van der Waals surface area contributed by atoms with Gasteiger partial charge in [-0.05, 0) is 12.0 Å². The van der Waals surface area contributed by atoms with Gasteiger partial charge in [-0.15, -0.1) is 0 Å². The summed E-state index contributed by atoms with van der Waals surface area (Å²) in [6, 6.07) is 1.37. The molecule has 0 saturated heterocycles. The lowest BCUT2D eigenvalue weighted by Gasteiger charge is -2.13. The van der Waals surface area contributed by atoms with Crippen LogP contribution in [0, 0.1) is 5.92 Å². The summed E-state index contributed by atoms with van der Waals surface area (Å²) in [6.07, 6.45) is 2.64. The molecule has 1 aromatic heterocycles. The van der Waals surface area contributed by atoms with Gasteiger partial charge in [0.25, 0.3) is 0 Å². The van der Waals surface area contributed by atoms with Crippen molar-refractivity contribution in [3.8, 4) is 0 Å². The maximum absolute atomic E-state index is 11.7. The molecule has 0 aliphatic heterocycles. The second kappa shape index (κ2) is 5.77. The number of pyridine rings is 1. The predicted molar refractivity (Wildman–Crippen MR) is 67.4 cm³/mol. The van der Waals surface area contributed by atoms with E-state index in [-0.39, 0.29) is 22.2 Å². The van der Waals surface area contributed by atoms with E-state index < -0.39 is 5.97 Å². The van der Waals surface area contributed by atoms with Gasteiger partial charge in [-0.2, -0.15) is 0 Å². The van der Waals surface area contributed by atoms with E-state index in [0.29, 0.717) is 5.69 Å². The number of carboxylic acid groups (broad SMARTS) is 1. The molecule has 1 unspecified atom stereocenters. The zero-order chi connectivity index (χ0) is 13.0. The van der Waals surface area contributed by atoms with Crippen molar-refractivity contribution in [1.29, 1.82) is 0 Å². The second-order valence-electron chi connectivity index (χ2n) is 3.90. The SMILES string of the molecule is CC(C)C(Br)C(=O)Nc1cncc(C(=O)O)c1. The van der Waals surface area contributed by atoms with Crippen LogP contribution >= 0.6 is 15.9 Å². The average Bonchev–Trinajstić information content (AvgIpc) is 2.28. The molecule has 0 spiro atoms. The van der Waals surface area contributed by atoms with Crippen molar-refractivity contribution in [1.82, 2.24) is 4.98 Å². The number of carboxylic acids is 1. The molecule has 0 bridgehead atoms. The highest BCUT2D eigenvalue weighted by Crippen LogP contribution is 2.15. The lowest BCUT2D eigenvalue weighted by molar-refractivity contribution is -0.116. The Balaban J connectivity index is 2.78. The maximum atomic E-state index is 11.7. The van der Waals surface area contributed by atoms with Gasteiger partial charge in [-0.1, -0.05) is 29.8 Å². The molecule has 1 aromatic rings. The average molecular weight is 301 g/mol. The van der Waals surface area contributed by atoms with Gasteiger partial charge in [0.15, 0.2) is 0 Å². The number of aromatic nitrogens is 1. The molecule has 1 rings (SSSR count). The number of carbonyl (C=O) groups is 2. The molecule has 2 N–H and O–H groups in total. The molecule has 0 fully saturated rings. The quantitative estimate of drug-likeness (QED) is 0.835. The molecule has 92 valence electrons. The van der Waals surface area contributed by atoms with Crippen LogP contribution in [0.5, 0.6) is 0 Å². The standard InChI is InChI=1S/C11H13BrN2O3/c1-6(2)9(12)10(15)14-8-3-7(11(16)17)4-13-5-8/h3-6,9H,1-2H3,(H,14,15)(H,16,17). The number of rotatable bonds is 4. The Labute approximate surface area is 107 Å². The summed E-state index contributed by atoms with van der Waals surface area (Å²) in [4.78, 5) is 25.9. The smallest absolute Gasteiger partial charge is 0.337 e. The van der Waals surface area contributed by atoms with Gasteiger partial charge in [0.05, 0.1) is 22.3 Å². The molecule has 0 saturated carbocycles. The summed E-state index contributed by atoms with van der Waals surface area (Å²) in [5.41, 5.74) is 0.415. The molecule has 1 atom stereocenters. The fourth-order valence-corrected chi connectivity index (χ4v) is 1.25. The van der Waals surface area contributed by atoms with Gasteiger partial charge >= 0.3 is 5.97 Å². The van der Waals surface area contributed by atoms with Crippen molar-refractivity contribution in [2.45, 2.75) is 18.7 Å². The first-order valence-electron chi connectivity index (χ1n) is 5.05. The summed E-state index contributed by atoms with van der Waals surface area (Å²) in [6.45, 7) is 3.82. The molecular weight excluding hydrogens is 288 g/mol. The van der Waals surface area contributed by atoms with E-state index in [4.69, 9.17) is 5.11 Å². The van der Waals surface area contributed by atoms with Crippen molar-refractivity contribution in [2.75, 3.05) is 5.32 Å². The van der Waals surface area contributed by atoms with Crippen LogP contribution in [0.4, 0.5) is 5.69 Å².